The maximum Gasteiger partial charge on any atom is 0.410 e. The fourth-order valence-electron chi connectivity index (χ4n) is 3.24. The molecule has 162 valence electrons. The number of nitrogens with zero attached hydrogens (tertiary/aromatic N) is 2. The summed E-state index contributed by atoms with van der Waals surface area (Å²) in [6.07, 6.45) is 2.35. The summed E-state index contributed by atoms with van der Waals surface area (Å²) in [5, 5.41) is 9.92. The van der Waals surface area contributed by atoms with E-state index in [1.165, 1.54) is 5.56 Å². The van der Waals surface area contributed by atoms with E-state index < -0.39 is 5.60 Å². The predicted octanol–water partition coefficient (Wildman–Crippen LogP) is 3.67. The Morgan fingerprint density at radius 2 is 1.97 bits per heavy atom. The van der Waals surface area contributed by atoms with E-state index in [0.717, 1.165) is 24.1 Å². The van der Waals surface area contributed by atoms with E-state index in [0.29, 0.717) is 31.1 Å². The molecular formula is C22H30N4O4. The first kappa shape index (κ1) is 21.7. The molecule has 0 bridgehead atoms. The highest BCUT2D eigenvalue weighted by Crippen LogP contribution is 2.25. The standard InChI is InChI=1S/C22H30N4O4/c1-5-6-15-7-9-16(10-8-15)29-14-19(27)23-20-17-13-26(12-11-18(17)24-25-20)21(28)30-22(2,3)4/h7-10H,5-6,11-14H2,1-4H3,(H2,23,24,25,27). The van der Waals surface area contributed by atoms with Gasteiger partial charge in [0.2, 0.25) is 0 Å². The molecule has 0 saturated heterocycles. The number of aromatic nitrogens is 2. The van der Waals surface area contributed by atoms with Crippen LogP contribution < -0.4 is 10.1 Å². The van der Waals surface area contributed by atoms with E-state index in [1.807, 2.05) is 45.0 Å². The second kappa shape index (κ2) is 9.19. The molecular weight excluding hydrogens is 384 g/mol. The number of anilines is 1. The normalized spacial score (nSPS) is 13.5. The van der Waals surface area contributed by atoms with E-state index in [9.17, 15) is 9.59 Å². The van der Waals surface area contributed by atoms with E-state index >= 15 is 0 Å². The number of amides is 2. The van der Waals surface area contributed by atoms with Crippen molar-refractivity contribution >= 4 is 17.8 Å². The van der Waals surface area contributed by atoms with E-state index in [-0.39, 0.29) is 18.6 Å². The van der Waals surface area contributed by atoms with Crippen molar-refractivity contribution in [1.82, 2.24) is 15.1 Å². The molecule has 0 aliphatic carbocycles. The Balaban J connectivity index is 1.56. The Morgan fingerprint density at radius 1 is 1.23 bits per heavy atom. The van der Waals surface area contributed by atoms with Gasteiger partial charge in [0.25, 0.3) is 5.91 Å². The van der Waals surface area contributed by atoms with Crippen molar-refractivity contribution < 1.29 is 19.1 Å². The lowest BCUT2D eigenvalue weighted by Crippen LogP contribution is -2.40. The fraction of sp³-hybridized carbons (Fsp3) is 0.500. The van der Waals surface area contributed by atoms with Crippen molar-refractivity contribution in [3.05, 3.63) is 41.1 Å². The van der Waals surface area contributed by atoms with Crippen molar-refractivity contribution in [3.8, 4) is 5.75 Å². The van der Waals surface area contributed by atoms with Crippen molar-refractivity contribution in [2.75, 3.05) is 18.5 Å². The second-order valence-electron chi connectivity index (χ2n) is 8.41. The molecule has 8 nitrogen and oxygen atoms in total. The Morgan fingerprint density at radius 3 is 2.63 bits per heavy atom. The molecule has 2 N–H and O–H groups in total. The number of hydrogen-bond donors (Lipinski definition) is 2. The fourth-order valence-corrected chi connectivity index (χ4v) is 3.24. The lowest BCUT2D eigenvalue weighted by molar-refractivity contribution is -0.118. The number of nitrogens with one attached hydrogen (secondary N) is 2. The van der Waals surface area contributed by atoms with Crippen LogP contribution in [0.2, 0.25) is 0 Å². The first-order valence-electron chi connectivity index (χ1n) is 10.3. The number of ether oxygens (including phenoxy) is 2. The second-order valence-corrected chi connectivity index (χ2v) is 8.41. The van der Waals surface area contributed by atoms with Gasteiger partial charge < -0.3 is 19.7 Å². The van der Waals surface area contributed by atoms with Gasteiger partial charge in [-0.3, -0.25) is 9.89 Å². The maximum absolute atomic E-state index is 12.4. The summed E-state index contributed by atoms with van der Waals surface area (Å²) in [6.45, 7) is 8.38. The summed E-state index contributed by atoms with van der Waals surface area (Å²) in [7, 11) is 0. The van der Waals surface area contributed by atoms with Gasteiger partial charge in [-0.1, -0.05) is 25.5 Å². The Hall–Kier alpha value is -3.03. The topological polar surface area (TPSA) is 96.5 Å². The SMILES string of the molecule is CCCc1ccc(OCC(=O)Nc2n[nH]c3c2CN(C(=O)OC(C)(C)C)CC3)cc1. The average molecular weight is 415 g/mol. The van der Waals surface area contributed by atoms with E-state index in [4.69, 9.17) is 9.47 Å². The zero-order valence-corrected chi connectivity index (χ0v) is 18.1. The molecule has 30 heavy (non-hydrogen) atoms. The molecule has 0 saturated carbocycles. The number of fused-ring (bicyclic) bond motifs is 1. The highest BCUT2D eigenvalue weighted by atomic mass is 16.6. The van der Waals surface area contributed by atoms with E-state index in [2.05, 4.69) is 22.4 Å². The lowest BCUT2D eigenvalue weighted by Gasteiger charge is -2.30. The van der Waals surface area contributed by atoms with Crippen LogP contribution in [0, 0.1) is 0 Å². The highest BCUT2D eigenvalue weighted by molar-refractivity contribution is 5.91. The van der Waals surface area contributed by atoms with Crippen LogP contribution in [0.3, 0.4) is 0 Å². The van der Waals surface area contributed by atoms with Gasteiger partial charge in [-0.2, -0.15) is 5.10 Å². The Kier molecular flexibility index (Phi) is 6.64. The molecule has 1 aliphatic heterocycles. The molecule has 0 spiro atoms. The average Bonchev–Trinajstić information content (AvgIpc) is 3.08. The summed E-state index contributed by atoms with van der Waals surface area (Å²) in [6, 6.07) is 7.75. The molecule has 2 aromatic rings. The molecule has 2 heterocycles. The molecule has 0 radical (unpaired) electrons. The number of H-pyrrole nitrogens is 1. The van der Waals surface area contributed by atoms with Gasteiger partial charge in [0, 0.05) is 24.2 Å². The summed E-state index contributed by atoms with van der Waals surface area (Å²) >= 11 is 0. The Labute approximate surface area is 176 Å². The minimum atomic E-state index is -0.559. The maximum atomic E-state index is 12.4. The highest BCUT2D eigenvalue weighted by Gasteiger charge is 2.29. The zero-order valence-electron chi connectivity index (χ0n) is 18.1. The zero-order chi connectivity index (χ0) is 21.7. The van der Waals surface area contributed by atoms with E-state index in [1.54, 1.807) is 4.90 Å². The van der Waals surface area contributed by atoms with Gasteiger partial charge in [0.15, 0.2) is 12.4 Å². The third-order valence-electron chi connectivity index (χ3n) is 4.67. The smallest absolute Gasteiger partial charge is 0.410 e. The van der Waals surface area contributed by atoms with Gasteiger partial charge in [-0.25, -0.2) is 4.79 Å². The van der Waals surface area contributed by atoms with Gasteiger partial charge in [-0.05, 0) is 44.9 Å². The van der Waals surface area contributed by atoms with Crippen LogP contribution in [-0.4, -0.2) is 45.9 Å². The molecule has 1 aliphatic rings. The molecule has 1 aromatic carbocycles. The molecule has 0 unspecified atom stereocenters. The van der Waals surface area contributed by atoms with Crippen LogP contribution >= 0.6 is 0 Å². The largest absolute Gasteiger partial charge is 0.484 e. The number of benzene rings is 1. The van der Waals surface area contributed by atoms with Gasteiger partial charge in [0.1, 0.15) is 11.4 Å². The number of aryl methyl sites for hydroxylation is 1. The summed E-state index contributed by atoms with van der Waals surface area (Å²) < 4.78 is 11.0. The first-order chi connectivity index (χ1) is 14.2. The van der Waals surface area contributed by atoms with Crippen molar-refractivity contribution in [2.45, 2.75) is 59.1 Å². The van der Waals surface area contributed by atoms with Crippen molar-refractivity contribution in [2.24, 2.45) is 0 Å². The van der Waals surface area contributed by atoms with Crippen LogP contribution in [-0.2, 0) is 28.9 Å². The minimum Gasteiger partial charge on any atom is -0.484 e. The molecule has 8 heteroatoms. The van der Waals surface area contributed by atoms with Crippen molar-refractivity contribution in [3.63, 3.8) is 0 Å². The number of hydrogen-bond acceptors (Lipinski definition) is 5. The van der Waals surface area contributed by atoms with Gasteiger partial charge >= 0.3 is 6.09 Å². The van der Waals surface area contributed by atoms with Crippen LogP contribution in [0.5, 0.6) is 5.75 Å². The van der Waals surface area contributed by atoms with Crippen LogP contribution in [0.4, 0.5) is 10.6 Å². The minimum absolute atomic E-state index is 0.120. The summed E-state index contributed by atoms with van der Waals surface area (Å²) in [4.78, 5) is 26.3. The van der Waals surface area contributed by atoms with Crippen molar-refractivity contribution in [1.29, 1.82) is 0 Å². The predicted molar refractivity (Wildman–Crippen MR) is 113 cm³/mol. The van der Waals surface area contributed by atoms with Crippen LogP contribution in [0.15, 0.2) is 24.3 Å². The molecule has 0 fully saturated rings. The first-order valence-corrected chi connectivity index (χ1v) is 10.3. The number of rotatable bonds is 6. The summed E-state index contributed by atoms with van der Waals surface area (Å²) in [5.41, 5.74) is 2.39. The molecule has 3 rings (SSSR count). The number of carbonyl (C=O) groups is 2. The van der Waals surface area contributed by atoms with Gasteiger partial charge in [0.05, 0.1) is 6.54 Å². The summed E-state index contributed by atoms with van der Waals surface area (Å²) in [5.74, 6) is 0.756. The molecule has 0 atom stereocenters. The monoisotopic (exact) mass is 414 g/mol. The lowest BCUT2D eigenvalue weighted by atomic mass is 10.1. The number of carbonyl (C=O) groups excluding carboxylic acids is 2. The quantitative estimate of drug-likeness (QED) is 0.752. The third kappa shape index (κ3) is 5.75. The molecule has 1 aromatic heterocycles. The Bertz CT molecular complexity index is 884. The van der Waals surface area contributed by atoms with Gasteiger partial charge in [-0.15, -0.1) is 0 Å². The number of aromatic amines is 1. The van der Waals surface area contributed by atoms with Crippen LogP contribution in [0.1, 0.15) is 50.9 Å². The third-order valence-corrected chi connectivity index (χ3v) is 4.67. The van der Waals surface area contributed by atoms with Crippen LogP contribution in [0.25, 0.3) is 0 Å². The molecule has 2 amide bonds.